The number of sulfonamides is 1. The Kier molecular flexibility index (Phi) is 10.8. The summed E-state index contributed by atoms with van der Waals surface area (Å²) in [5.74, 6) is -1.53. The van der Waals surface area contributed by atoms with E-state index >= 15 is 4.39 Å². The monoisotopic (exact) mass is 661 g/mol. The average molecular weight is 662 g/mol. The van der Waals surface area contributed by atoms with Crippen molar-refractivity contribution in [1.29, 1.82) is 0 Å². The van der Waals surface area contributed by atoms with Gasteiger partial charge in [-0.05, 0) is 67.3 Å². The van der Waals surface area contributed by atoms with E-state index in [-0.39, 0.29) is 35.4 Å². The van der Waals surface area contributed by atoms with Crippen LogP contribution in [0.2, 0.25) is 5.02 Å². The molecule has 0 spiro atoms. The van der Waals surface area contributed by atoms with Crippen molar-refractivity contribution in [3.63, 3.8) is 0 Å². The number of aryl methyl sites for hydroxylation is 1. The van der Waals surface area contributed by atoms with Crippen LogP contribution in [0, 0.1) is 12.7 Å². The molecule has 5 rings (SSSR count). The molecule has 240 valence electrons. The lowest BCUT2D eigenvalue weighted by Gasteiger charge is -2.34. The largest absolute Gasteiger partial charge is 0.352 e. The fourth-order valence-corrected chi connectivity index (χ4v) is 7.43. The van der Waals surface area contributed by atoms with Gasteiger partial charge in [-0.2, -0.15) is 0 Å². The summed E-state index contributed by atoms with van der Waals surface area (Å²) in [6.07, 6.45) is 3.84. The van der Waals surface area contributed by atoms with E-state index in [4.69, 9.17) is 11.6 Å². The number of carbonyl (C=O) groups excluding carboxylic acids is 2. The molecule has 0 aliphatic heterocycles. The van der Waals surface area contributed by atoms with E-state index in [1.165, 1.54) is 35.2 Å². The van der Waals surface area contributed by atoms with E-state index in [0.717, 1.165) is 35.6 Å². The highest BCUT2D eigenvalue weighted by Crippen LogP contribution is 2.29. The van der Waals surface area contributed by atoms with Crippen LogP contribution in [0.3, 0.4) is 0 Å². The van der Waals surface area contributed by atoms with Crippen LogP contribution in [0.5, 0.6) is 0 Å². The second-order valence-corrected chi connectivity index (χ2v) is 13.9. The molecule has 1 aliphatic rings. The predicted molar refractivity (Wildman–Crippen MR) is 178 cm³/mol. The van der Waals surface area contributed by atoms with Crippen LogP contribution in [-0.2, 0) is 32.6 Å². The first-order chi connectivity index (χ1) is 22.1. The van der Waals surface area contributed by atoms with Gasteiger partial charge in [0.25, 0.3) is 10.0 Å². The van der Waals surface area contributed by atoms with Crippen LogP contribution in [0.15, 0.2) is 108 Å². The van der Waals surface area contributed by atoms with Crippen molar-refractivity contribution < 1.29 is 22.4 Å². The van der Waals surface area contributed by atoms with Crippen molar-refractivity contribution in [1.82, 2.24) is 10.2 Å². The van der Waals surface area contributed by atoms with Gasteiger partial charge in [-0.15, -0.1) is 0 Å². The van der Waals surface area contributed by atoms with Crippen LogP contribution in [-0.4, -0.2) is 43.8 Å². The van der Waals surface area contributed by atoms with Gasteiger partial charge in [-0.3, -0.25) is 13.9 Å². The molecule has 46 heavy (non-hydrogen) atoms. The first-order valence-corrected chi connectivity index (χ1v) is 17.2. The molecule has 10 heteroatoms. The van der Waals surface area contributed by atoms with E-state index in [1.54, 1.807) is 49.4 Å². The van der Waals surface area contributed by atoms with Crippen molar-refractivity contribution in [3.8, 4) is 0 Å². The molecule has 0 aromatic heterocycles. The molecule has 1 atom stereocenters. The van der Waals surface area contributed by atoms with Gasteiger partial charge in [0.2, 0.25) is 11.8 Å². The second kappa shape index (κ2) is 14.9. The summed E-state index contributed by atoms with van der Waals surface area (Å²) in [6.45, 7) is 0.907. The number of hydrogen-bond acceptors (Lipinski definition) is 4. The summed E-state index contributed by atoms with van der Waals surface area (Å²) in [5, 5.41) is 3.49. The molecule has 0 radical (unpaired) electrons. The summed E-state index contributed by atoms with van der Waals surface area (Å²) in [6, 6.07) is 26.9. The third-order valence-electron chi connectivity index (χ3n) is 8.34. The fourth-order valence-electron chi connectivity index (χ4n) is 5.82. The zero-order valence-corrected chi connectivity index (χ0v) is 27.2. The van der Waals surface area contributed by atoms with Gasteiger partial charge in [0.05, 0.1) is 10.6 Å². The maximum atomic E-state index is 15.1. The first kappa shape index (κ1) is 33.2. The molecule has 0 saturated heterocycles. The first-order valence-electron chi connectivity index (χ1n) is 15.3. The minimum absolute atomic E-state index is 0.0232. The van der Waals surface area contributed by atoms with Crippen LogP contribution < -0.4 is 9.62 Å². The van der Waals surface area contributed by atoms with Gasteiger partial charge >= 0.3 is 0 Å². The molecule has 1 saturated carbocycles. The third kappa shape index (κ3) is 7.95. The molecule has 7 nitrogen and oxygen atoms in total. The Morgan fingerprint density at radius 1 is 0.891 bits per heavy atom. The number of para-hydroxylation sites is 1. The number of amides is 2. The number of halogens is 2. The summed E-state index contributed by atoms with van der Waals surface area (Å²) < 4.78 is 44.5. The number of rotatable bonds is 12. The molecule has 0 bridgehead atoms. The maximum Gasteiger partial charge on any atom is 0.264 e. The van der Waals surface area contributed by atoms with Crippen molar-refractivity contribution in [2.45, 2.75) is 62.6 Å². The molecular weight excluding hydrogens is 625 g/mol. The number of nitrogens with zero attached hydrogens (tertiary/aromatic N) is 2. The molecule has 0 unspecified atom stereocenters. The van der Waals surface area contributed by atoms with Gasteiger partial charge in [0.15, 0.2) is 0 Å². The summed E-state index contributed by atoms with van der Waals surface area (Å²) in [5.41, 5.74) is 1.97. The normalized spacial score (nSPS) is 14.1. The minimum atomic E-state index is -4.27. The predicted octanol–water partition coefficient (Wildman–Crippen LogP) is 6.68. The molecular formula is C36H37ClFN3O4S. The standard InChI is InChI=1S/C36H37ClFN3O4S/c1-26-11-5-10-18-33(26)41(46(44,45)31-21-19-29(37)20-22-31)25-35(42)40(24-28-14-6-9-17-32(28)38)34(23-27-12-3-2-4-13-27)36(43)39-30-15-7-8-16-30/h2-6,9-14,17-22,30,34H,7-8,15-16,23-25H2,1H3,(H,39,43)/t34-/m0/s1. The highest BCUT2D eigenvalue weighted by molar-refractivity contribution is 7.92. The SMILES string of the molecule is Cc1ccccc1N(CC(=O)N(Cc1ccccc1F)[C@@H](Cc1ccccc1)C(=O)NC1CCCC1)S(=O)(=O)c1ccc(Cl)cc1. The highest BCUT2D eigenvalue weighted by Gasteiger charge is 2.36. The lowest BCUT2D eigenvalue weighted by molar-refractivity contribution is -0.140. The molecule has 4 aromatic carbocycles. The second-order valence-electron chi connectivity index (χ2n) is 11.6. The van der Waals surface area contributed by atoms with Crippen molar-refractivity contribution in [2.75, 3.05) is 10.8 Å². The molecule has 1 aliphatic carbocycles. The van der Waals surface area contributed by atoms with Crippen LogP contribution >= 0.6 is 11.6 Å². The highest BCUT2D eigenvalue weighted by atomic mass is 35.5. The van der Waals surface area contributed by atoms with E-state index in [1.807, 2.05) is 30.3 Å². The van der Waals surface area contributed by atoms with Gasteiger partial charge in [-0.1, -0.05) is 91.2 Å². The third-order valence-corrected chi connectivity index (χ3v) is 10.4. The number of hydrogen-bond donors (Lipinski definition) is 1. The van der Waals surface area contributed by atoms with Gasteiger partial charge in [0.1, 0.15) is 18.4 Å². The lowest BCUT2D eigenvalue weighted by atomic mass is 10.0. The Labute approximate surface area is 275 Å². The van der Waals surface area contributed by atoms with Crippen molar-refractivity contribution >= 4 is 39.1 Å². The Bertz CT molecular complexity index is 1760. The van der Waals surface area contributed by atoms with Crippen LogP contribution in [0.4, 0.5) is 10.1 Å². The maximum absolute atomic E-state index is 15.1. The number of carbonyl (C=O) groups is 2. The van der Waals surface area contributed by atoms with Gasteiger partial charge in [0, 0.05) is 29.6 Å². The smallest absolute Gasteiger partial charge is 0.264 e. The Balaban J connectivity index is 1.58. The van der Waals surface area contributed by atoms with E-state index in [2.05, 4.69) is 5.32 Å². The fraction of sp³-hybridized carbons (Fsp3) is 0.278. The van der Waals surface area contributed by atoms with Crippen molar-refractivity contribution in [2.24, 2.45) is 0 Å². The zero-order chi connectivity index (χ0) is 32.7. The number of nitrogens with one attached hydrogen (secondary N) is 1. The summed E-state index contributed by atoms with van der Waals surface area (Å²) >= 11 is 6.05. The molecule has 4 aromatic rings. The zero-order valence-electron chi connectivity index (χ0n) is 25.6. The molecule has 1 fully saturated rings. The van der Waals surface area contributed by atoms with E-state index < -0.39 is 34.3 Å². The van der Waals surface area contributed by atoms with Crippen LogP contribution in [0.25, 0.3) is 0 Å². The van der Waals surface area contributed by atoms with Gasteiger partial charge in [-0.25, -0.2) is 12.8 Å². The number of anilines is 1. The summed E-state index contributed by atoms with van der Waals surface area (Å²) in [4.78, 5) is 29.9. The topological polar surface area (TPSA) is 86.8 Å². The molecule has 0 heterocycles. The van der Waals surface area contributed by atoms with E-state index in [9.17, 15) is 18.0 Å². The Morgan fingerprint density at radius 2 is 1.52 bits per heavy atom. The van der Waals surface area contributed by atoms with Gasteiger partial charge < -0.3 is 10.2 Å². The summed E-state index contributed by atoms with van der Waals surface area (Å²) in [7, 11) is -4.27. The quantitative estimate of drug-likeness (QED) is 0.184. The Hall–Kier alpha value is -4.21. The van der Waals surface area contributed by atoms with Crippen LogP contribution in [0.1, 0.15) is 42.4 Å². The molecule has 1 N–H and O–H groups in total. The average Bonchev–Trinajstić information content (AvgIpc) is 3.56. The van der Waals surface area contributed by atoms with E-state index in [0.29, 0.717) is 16.3 Å². The number of benzene rings is 4. The lowest BCUT2D eigenvalue weighted by Crippen LogP contribution is -2.54. The molecule has 2 amide bonds. The minimum Gasteiger partial charge on any atom is -0.352 e. The Morgan fingerprint density at radius 3 is 2.20 bits per heavy atom. The van der Waals surface area contributed by atoms with Crippen molar-refractivity contribution in [3.05, 3.63) is 131 Å².